The van der Waals surface area contributed by atoms with Crippen LogP contribution in [0.2, 0.25) is 0 Å². The first-order chi connectivity index (χ1) is 9.17. The van der Waals surface area contributed by atoms with Crippen LogP contribution < -0.4 is 10.6 Å². The minimum Gasteiger partial charge on any atom is -0.466 e. The highest BCUT2D eigenvalue weighted by Crippen LogP contribution is 2.11. The van der Waals surface area contributed by atoms with Crippen molar-refractivity contribution in [2.45, 2.75) is 19.8 Å². The molecule has 0 unspecified atom stereocenters. The van der Waals surface area contributed by atoms with Gasteiger partial charge in [-0.25, -0.2) is 4.98 Å². The molecule has 0 fully saturated rings. The Kier molecular flexibility index (Phi) is 4.18. The topological polar surface area (TPSA) is 67.2 Å². The lowest BCUT2D eigenvalue weighted by Gasteiger charge is -2.05. The van der Waals surface area contributed by atoms with Gasteiger partial charge >= 0.3 is 0 Å². The molecule has 0 spiro atoms. The van der Waals surface area contributed by atoms with E-state index in [-0.39, 0.29) is 5.91 Å². The molecule has 0 radical (unpaired) electrons. The number of aromatic nitrogens is 1. The third kappa shape index (κ3) is 3.84. The fraction of sp³-hybridized carbons (Fsp3) is 0.286. The number of nitrogens with one attached hydrogen (secondary N) is 2. The van der Waals surface area contributed by atoms with Gasteiger partial charge in [0.2, 0.25) is 5.91 Å². The van der Waals surface area contributed by atoms with Crippen molar-refractivity contribution in [3.05, 3.63) is 42.0 Å². The number of hydrogen-bond donors (Lipinski definition) is 2. The molecule has 5 heteroatoms. The standard InChI is InChI=1S/C14H17N3O2/c1-10-3-5-12(19-10)6-8-14(18)17-11-4-7-13(15-2)16-9-11/h3-5,7,9H,6,8H2,1-2H3,(H,15,16)(H,17,18). The van der Waals surface area contributed by atoms with Crippen molar-refractivity contribution < 1.29 is 9.21 Å². The molecule has 1 amide bonds. The van der Waals surface area contributed by atoms with Crippen LogP contribution in [0, 0.1) is 6.92 Å². The van der Waals surface area contributed by atoms with E-state index in [0.717, 1.165) is 17.3 Å². The number of nitrogens with zero attached hydrogens (tertiary/aromatic N) is 1. The number of rotatable bonds is 5. The SMILES string of the molecule is CNc1ccc(NC(=O)CCc2ccc(C)o2)cn1. The average Bonchev–Trinajstić information content (AvgIpc) is 2.83. The molecule has 100 valence electrons. The first kappa shape index (κ1) is 13.1. The van der Waals surface area contributed by atoms with Crippen LogP contribution >= 0.6 is 0 Å². The van der Waals surface area contributed by atoms with E-state index in [9.17, 15) is 4.79 Å². The van der Waals surface area contributed by atoms with Crippen LogP contribution in [0.3, 0.4) is 0 Å². The summed E-state index contributed by atoms with van der Waals surface area (Å²) in [7, 11) is 1.80. The highest BCUT2D eigenvalue weighted by atomic mass is 16.3. The molecule has 0 aliphatic heterocycles. The van der Waals surface area contributed by atoms with Crippen molar-refractivity contribution in [2.75, 3.05) is 17.7 Å². The summed E-state index contributed by atoms with van der Waals surface area (Å²) in [5.41, 5.74) is 0.694. The molecular formula is C14H17N3O2. The lowest BCUT2D eigenvalue weighted by Crippen LogP contribution is -2.12. The maximum Gasteiger partial charge on any atom is 0.224 e. The number of amides is 1. The van der Waals surface area contributed by atoms with E-state index < -0.39 is 0 Å². The molecule has 19 heavy (non-hydrogen) atoms. The van der Waals surface area contributed by atoms with Crippen LogP contribution in [-0.2, 0) is 11.2 Å². The highest BCUT2D eigenvalue weighted by molar-refractivity contribution is 5.90. The number of carbonyl (C=O) groups excluding carboxylic acids is 1. The van der Waals surface area contributed by atoms with E-state index in [1.807, 2.05) is 31.2 Å². The molecule has 2 aromatic rings. The summed E-state index contributed by atoms with van der Waals surface area (Å²) in [6.07, 6.45) is 2.61. The minimum atomic E-state index is -0.0481. The predicted octanol–water partition coefficient (Wildman–Crippen LogP) is 2.60. The van der Waals surface area contributed by atoms with Crippen LogP contribution in [-0.4, -0.2) is 17.9 Å². The van der Waals surface area contributed by atoms with E-state index in [0.29, 0.717) is 18.5 Å². The van der Waals surface area contributed by atoms with Gasteiger partial charge in [0.1, 0.15) is 17.3 Å². The van der Waals surface area contributed by atoms with Gasteiger partial charge in [0.15, 0.2) is 0 Å². The van der Waals surface area contributed by atoms with Crippen molar-refractivity contribution >= 4 is 17.4 Å². The lowest BCUT2D eigenvalue weighted by molar-refractivity contribution is -0.116. The summed E-state index contributed by atoms with van der Waals surface area (Å²) in [5.74, 6) is 2.41. The van der Waals surface area contributed by atoms with E-state index in [2.05, 4.69) is 15.6 Å². The number of furan rings is 1. The van der Waals surface area contributed by atoms with Gasteiger partial charge in [0.25, 0.3) is 0 Å². The Hall–Kier alpha value is -2.30. The predicted molar refractivity (Wildman–Crippen MR) is 74.2 cm³/mol. The second-order valence-corrected chi connectivity index (χ2v) is 4.24. The summed E-state index contributed by atoms with van der Waals surface area (Å²) in [6.45, 7) is 1.89. The number of pyridine rings is 1. The molecule has 2 aromatic heterocycles. The summed E-state index contributed by atoms with van der Waals surface area (Å²) in [5, 5.41) is 5.72. The Labute approximate surface area is 112 Å². The van der Waals surface area contributed by atoms with Crippen molar-refractivity contribution in [3.8, 4) is 0 Å². The van der Waals surface area contributed by atoms with Crippen molar-refractivity contribution in [1.29, 1.82) is 0 Å². The first-order valence-electron chi connectivity index (χ1n) is 6.16. The molecule has 2 rings (SSSR count). The summed E-state index contributed by atoms with van der Waals surface area (Å²) in [4.78, 5) is 15.9. The summed E-state index contributed by atoms with van der Waals surface area (Å²) < 4.78 is 5.41. The van der Waals surface area contributed by atoms with Crippen LogP contribution in [0.5, 0.6) is 0 Å². The van der Waals surface area contributed by atoms with Gasteiger partial charge in [-0.3, -0.25) is 4.79 Å². The second kappa shape index (κ2) is 6.04. The first-order valence-corrected chi connectivity index (χ1v) is 6.16. The van der Waals surface area contributed by atoms with E-state index in [1.54, 1.807) is 13.2 Å². The largest absolute Gasteiger partial charge is 0.466 e. The molecule has 5 nitrogen and oxygen atoms in total. The van der Waals surface area contributed by atoms with Crippen molar-refractivity contribution in [1.82, 2.24) is 4.98 Å². The van der Waals surface area contributed by atoms with E-state index in [4.69, 9.17) is 4.42 Å². The summed E-state index contributed by atoms with van der Waals surface area (Å²) >= 11 is 0. The van der Waals surface area contributed by atoms with Gasteiger partial charge < -0.3 is 15.1 Å². The van der Waals surface area contributed by atoms with Gasteiger partial charge in [0, 0.05) is 19.9 Å². The fourth-order valence-electron chi connectivity index (χ4n) is 1.70. The zero-order valence-electron chi connectivity index (χ0n) is 11.1. The number of carbonyl (C=O) groups is 1. The Morgan fingerprint density at radius 3 is 2.74 bits per heavy atom. The smallest absolute Gasteiger partial charge is 0.224 e. The second-order valence-electron chi connectivity index (χ2n) is 4.24. The quantitative estimate of drug-likeness (QED) is 0.866. The Morgan fingerprint density at radius 2 is 2.16 bits per heavy atom. The van der Waals surface area contributed by atoms with Crippen LogP contribution in [0.15, 0.2) is 34.9 Å². The normalized spacial score (nSPS) is 10.2. The Balaban J connectivity index is 1.83. The molecule has 0 saturated heterocycles. The monoisotopic (exact) mass is 259 g/mol. The molecular weight excluding hydrogens is 242 g/mol. The van der Waals surface area contributed by atoms with Crippen LogP contribution in [0.25, 0.3) is 0 Å². The van der Waals surface area contributed by atoms with Crippen molar-refractivity contribution in [3.63, 3.8) is 0 Å². The van der Waals surface area contributed by atoms with Gasteiger partial charge in [-0.15, -0.1) is 0 Å². The molecule has 0 saturated carbocycles. The molecule has 2 N–H and O–H groups in total. The van der Waals surface area contributed by atoms with Crippen molar-refractivity contribution in [2.24, 2.45) is 0 Å². The third-order valence-corrected chi connectivity index (χ3v) is 2.70. The van der Waals surface area contributed by atoms with Gasteiger partial charge in [-0.1, -0.05) is 0 Å². The number of anilines is 2. The van der Waals surface area contributed by atoms with Crippen LogP contribution in [0.1, 0.15) is 17.9 Å². The third-order valence-electron chi connectivity index (χ3n) is 2.70. The number of aryl methyl sites for hydroxylation is 2. The molecule has 0 aliphatic rings. The van der Waals surface area contributed by atoms with Crippen LogP contribution in [0.4, 0.5) is 11.5 Å². The van der Waals surface area contributed by atoms with E-state index in [1.165, 1.54) is 0 Å². The van der Waals surface area contributed by atoms with Gasteiger partial charge in [0.05, 0.1) is 11.9 Å². The zero-order chi connectivity index (χ0) is 13.7. The fourth-order valence-corrected chi connectivity index (χ4v) is 1.70. The van der Waals surface area contributed by atoms with E-state index >= 15 is 0 Å². The average molecular weight is 259 g/mol. The lowest BCUT2D eigenvalue weighted by atomic mass is 10.2. The summed E-state index contributed by atoms with van der Waals surface area (Å²) in [6, 6.07) is 7.42. The van der Waals surface area contributed by atoms with Gasteiger partial charge in [-0.05, 0) is 31.2 Å². The maximum atomic E-state index is 11.8. The van der Waals surface area contributed by atoms with Gasteiger partial charge in [-0.2, -0.15) is 0 Å². The molecule has 0 atom stereocenters. The highest BCUT2D eigenvalue weighted by Gasteiger charge is 2.05. The zero-order valence-corrected chi connectivity index (χ0v) is 11.1. The Morgan fingerprint density at radius 1 is 1.32 bits per heavy atom. The number of hydrogen-bond acceptors (Lipinski definition) is 4. The minimum absolute atomic E-state index is 0.0481. The molecule has 2 heterocycles. The maximum absolute atomic E-state index is 11.8. The molecule has 0 aliphatic carbocycles. The molecule has 0 aromatic carbocycles. The Bertz CT molecular complexity index is 546. The molecule has 0 bridgehead atoms.